The molecule has 5 aliphatic rings. The predicted molar refractivity (Wildman–Crippen MR) is 175 cm³/mol. The Balaban J connectivity index is 1.38. The van der Waals surface area contributed by atoms with Crippen LogP contribution in [-0.4, -0.2) is 26.3 Å². The van der Waals surface area contributed by atoms with Gasteiger partial charge in [-0.15, -0.1) is 0 Å². The molecule has 0 bridgehead atoms. The van der Waals surface area contributed by atoms with E-state index in [1.165, 1.54) is 5.57 Å². The lowest BCUT2D eigenvalue weighted by Crippen LogP contribution is -2.66. The van der Waals surface area contributed by atoms with E-state index < -0.39 is 22.7 Å². The van der Waals surface area contributed by atoms with Gasteiger partial charge in [0.25, 0.3) is 0 Å². The zero-order valence-corrected chi connectivity index (χ0v) is 29.0. The van der Waals surface area contributed by atoms with Crippen LogP contribution in [0.1, 0.15) is 105 Å². The first-order valence-corrected chi connectivity index (χ1v) is 17.5. The molecule has 0 radical (unpaired) electrons. The molecule has 0 saturated heterocycles. The Hall–Kier alpha value is -1.70. The second-order valence-corrected chi connectivity index (χ2v) is 19.0. The molecule has 0 aromatic heterocycles. The van der Waals surface area contributed by atoms with Gasteiger partial charge >= 0.3 is 11.9 Å². The van der Waals surface area contributed by atoms with Crippen LogP contribution in [0.4, 0.5) is 0 Å². The number of esters is 1. The van der Waals surface area contributed by atoms with E-state index in [9.17, 15) is 19.5 Å². The molecule has 234 valence electrons. The summed E-state index contributed by atoms with van der Waals surface area (Å²) in [6.45, 7) is 13.9. The highest BCUT2D eigenvalue weighted by molar-refractivity contribution is 14.1. The Morgan fingerprint density at radius 2 is 1.60 bits per heavy atom. The van der Waals surface area contributed by atoms with Gasteiger partial charge in [0.05, 0.1) is 5.41 Å². The Kier molecular flexibility index (Phi) is 7.39. The molecule has 9 atom stereocenters. The van der Waals surface area contributed by atoms with E-state index in [0.717, 1.165) is 56.9 Å². The maximum Gasteiger partial charge on any atom is 0.314 e. The van der Waals surface area contributed by atoms with Crippen LogP contribution in [0.3, 0.4) is 0 Å². The number of halogens is 1. The maximum absolute atomic E-state index is 14.2. The summed E-state index contributed by atoms with van der Waals surface area (Å²) in [5, 5.41) is 10.1. The Labute approximate surface area is 271 Å². The second-order valence-electron chi connectivity index (χ2n) is 16.4. The lowest BCUT2D eigenvalue weighted by Gasteiger charge is -2.70. The minimum absolute atomic E-state index is 0.0315. The first-order chi connectivity index (χ1) is 20.0. The van der Waals surface area contributed by atoms with Crippen LogP contribution in [0, 0.1) is 50.7 Å². The number of allylic oxidation sites excluding steroid dienone is 2. The molecule has 2 unspecified atom stereocenters. The number of hydrogen-bond acceptors (Lipinski definition) is 4. The number of carboxylic acids is 1. The van der Waals surface area contributed by atoms with Crippen molar-refractivity contribution in [2.75, 3.05) is 0 Å². The summed E-state index contributed by atoms with van der Waals surface area (Å²) in [7, 11) is 0. The van der Waals surface area contributed by atoms with Crippen LogP contribution < -0.4 is 0 Å². The topological polar surface area (TPSA) is 80.7 Å². The average molecular weight is 701 g/mol. The van der Waals surface area contributed by atoms with Gasteiger partial charge in [0.15, 0.2) is 5.78 Å². The molecule has 0 amide bonds. The van der Waals surface area contributed by atoms with Gasteiger partial charge in [-0.1, -0.05) is 106 Å². The summed E-state index contributed by atoms with van der Waals surface area (Å²) in [4.78, 5) is 40.0. The highest BCUT2D eigenvalue weighted by Gasteiger charge is 2.70. The number of aliphatic carboxylic acids is 1. The van der Waals surface area contributed by atoms with Crippen molar-refractivity contribution in [3.63, 3.8) is 0 Å². The number of Topliss-reactive ketones (excluding diaryl/α,β-unsaturated/α-hetero) is 1. The number of fused-ring (bicyclic) bond motifs is 7. The lowest BCUT2D eigenvalue weighted by atomic mass is 9.33. The van der Waals surface area contributed by atoms with E-state index >= 15 is 0 Å². The van der Waals surface area contributed by atoms with Crippen LogP contribution in [0.15, 0.2) is 42.0 Å². The molecule has 4 saturated carbocycles. The molecule has 43 heavy (non-hydrogen) atoms. The first-order valence-electron chi connectivity index (χ1n) is 16.4. The summed E-state index contributed by atoms with van der Waals surface area (Å²) in [5.74, 6) is -1.43. The number of hydrogen-bond donors (Lipinski definition) is 1. The summed E-state index contributed by atoms with van der Waals surface area (Å²) in [6.07, 6.45) is 10.4. The van der Waals surface area contributed by atoms with E-state index in [-0.39, 0.29) is 49.2 Å². The number of ether oxygens (including phenoxy) is 1. The van der Waals surface area contributed by atoms with Crippen LogP contribution in [0.2, 0.25) is 0 Å². The number of alkyl halides is 1. The second kappa shape index (κ2) is 10.2. The molecule has 5 nitrogen and oxygen atoms in total. The van der Waals surface area contributed by atoms with Crippen molar-refractivity contribution in [1.82, 2.24) is 0 Å². The van der Waals surface area contributed by atoms with E-state index in [1.54, 1.807) is 0 Å². The van der Waals surface area contributed by atoms with E-state index in [1.807, 2.05) is 44.2 Å². The van der Waals surface area contributed by atoms with Crippen molar-refractivity contribution in [3.05, 3.63) is 47.5 Å². The van der Waals surface area contributed by atoms with E-state index in [0.29, 0.717) is 13.0 Å². The van der Waals surface area contributed by atoms with Gasteiger partial charge in [-0.25, -0.2) is 0 Å². The van der Waals surface area contributed by atoms with E-state index in [2.05, 4.69) is 56.4 Å². The van der Waals surface area contributed by atoms with Gasteiger partial charge in [0, 0.05) is 8.84 Å². The number of benzene rings is 1. The highest BCUT2D eigenvalue weighted by Crippen LogP contribution is 2.75. The summed E-state index contributed by atoms with van der Waals surface area (Å²) in [6, 6.07) is 9.98. The molecule has 0 heterocycles. The molecule has 6 rings (SSSR count). The number of rotatable bonds is 4. The fourth-order valence-corrected chi connectivity index (χ4v) is 12.2. The standard InChI is InChI=1S/C37H49IO5/c1-32(2)27-14-15-36(6)28(34(27,4)20-24(29(32)39)30(40)41)13-12-25-26-21-33(3,38)16-18-37(26,19-17-35(25,36)5)31(42)43-22-23-10-8-7-9-11-23/h7-12,24,26-28H,13-22H2,1-6H3,(H,40,41)/t24?,26-,27-,28?,33+,34-,35+,36+,37-/m0/s1. The highest BCUT2D eigenvalue weighted by atomic mass is 127. The third kappa shape index (κ3) is 4.45. The van der Waals surface area contributed by atoms with Crippen LogP contribution >= 0.6 is 22.6 Å². The van der Waals surface area contributed by atoms with Gasteiger partial charge in [-0.05, 0) is 97.3 Å². The quantitative estimate of drug-likeness (QED) is 0.112. The van der Waals surface area contributed by atoms with Crippen LogP contribution in [0.5, 0.6) is 0 Å². The number of carbonyl (C=O) groups excluding carboxylic acids is 2. The Morgan fingerprint density at radius 1 is 0.930 bits per heavy atom. The van der Waals surface area contributed by atoms with Crippen molar-refractivity contribution in [2.45, 2.75) is 109 Å². The molecule has 1 aromatic rings. The lowest BCUT2D eigenvalue weighted by molar-refractivity contribution is -0.198. The van der Waals surface area contributed by atoms with Crippen molar-refractivity contribution < 1.29 is 24.2 Å². The first kappa shape index (κ1) is 31.3. The zero-order valence-electron chi connectivity index (χ0n) is 26.8. The third-order valence-electron chi connectivity index (χ3n) is 14.0. The zero-order chi connectivity index (χ0) is 31.2. The molecular weight excluding hydrogens is 651 g/mol. The maximum atomic E-state index is 14.2. The van der Waals surface area contributed by atoms with Crippen LogP contribution in [0.25, 0.3) is 0 Å². The minimum Gasteiger partial charge on any atom is -0.481 e. The SMILES string of the molecule is CC1(C)C(=O)C(C(=O)O)C[C@]2(C)C3CC=C4[C@@H]5C[C@](C)(I)CC[C@]5(C(=O)OCc5ccccc5)CC[C@@]4(C)[C@]3(C)CC[C@@H]12. The largest absolute Gasteiger partial charge is 0.481 e. The Bertz CT molecular complexity index is 1360. The molecule has 6 heteroatoms. The van der Waals surface area contributed by atoms with Crippen molar-refractivity contribution in [1.29, 1.82) is 0 Å². The van der Waals surface area contributed by atoms with Gasteiger partial charge in [0.2, 0.25) is 0 Å². The molecule has 1 aromatic carbocycles. The summed E-state index contributed by atoms with van der Waals surface area (Å²) >= 11 is 2.62. The monoisotopic (exact) mass is 700 g/mol. The minimum atomic E-state index is -0.969. The molecule has 4 fully saturated rings. The fraction of sp³-hybridized carbons (Fsp3) is 0.703. The summed E-state index contributed by atoms with van der Waals surface area (Å²) < 4.78 is 6.26. The van der Waals surface area contributed by atoms with Crippen molar-refractivity contribution in [2.24, 2.45) is 50.7 Å². The van der Waals surface area contributed by atoms with Gasteiger partial charge in [-0.3, -0.25) is 14.4 Å². The number of ketones is 1. The molecular formula is C37H49IO5. The Morgan fingerprint density at radius 3 is 2.28 bits per heavy atom. The molecule has 5 aliphatic carbocycles. The number of carboxylic acid groups (broad SMARTS) is 1. The van der Waals surface area contributed by atoms with E-state index in [4.69, 9.17) is 4.74 Å². The van der Waals surface area contributed by atoms with Crippen molar-refractivity contribution in [3.8, 4) is 0 Å². The summed E-state index contributed by atoms with van der Waals surface area (Å²) in [5.41, 5.74) is 0.950. The van der Waals surface area contributed by atoms with Crippen molar-refractivity contribution >= 4 is 40.3 Å². The van der Waals surface area contributed by atoms with Gasteiger partial charge in [0.1, 0.15) is 12.5 Å². The smallest absolute Gasteiger partial charge is 0.314 e. The fourth-order valence-electron chi connectivity index (χ4n) is 11.5. The van der Waals surface area contributed by atoms with Crippen LogP contribution in [-0.2, 0) is 25.7 Å². The number of carbonyl (C=O) groups is 3. The average Bonchev–Trinajstić information content (AvgIpc) is 2.94. The van der Waals surface area contributed by atoms with Gasteiger partial charge in [-0.2, -0.15) is 0 Å². The third-order valence-corrected chi connectivity index (χ3v) is 15.0. The molecule has 0 aliphatic heterocycles. The molecule has 0 spiro atoms. The predicted octanol–water partition coefficient (Wildman–Crippen LogP) is 8.58. The normalized spacial score (nSPS) is 45.0. The molecule has 1 N–H and O–H groups in total. The van der Waals surface area contributed by atoms with Gasteiger partial charge < -0.3 is 9.84 Å².